The molecule has 5 nitrogen and oxygen atoms in total. The highest BCUT2D eigenvalue weighted by Gasteiger charge is 2.47. The van der Waals surface area contributed by atoms with Crippen molar-refractivity contribution >= 4 is 17.5 Å². The molecule has 0 saturated carbocycles. The van der Waals surface area contributed by atoms with Crippen molar-refractivity contribution in [3.8, 4) is 11.1 Å². The fraction of sp³-hybridized carbons (Fsp3) is 0.444. The van der Waals surface area contributed by atoms with E-state index in [4.69, 9.17) is 16.3 Å². The maximum Gasteiger partial charge on any atom is 0.373 e. The molecule has 0 N–H and O–H groups in total. The van der Waals surface area contributed by atoms with E-state index in [0.717, 1.165) is 5.56 Å². The largest absolute Gasteiger partial charge is 0.373 e. The lowest BCUT2D eigenvalue weighted by Gasteiger charge is -2.42. The van der Waals surface area contributed by atoms with Crippen LogP contribution >= 0.6 is 11.6 Å². The molecule has 26 heavy (non-hydrogen) atoms. The Morgan fingerprint density at radius 2 is 2.04 bits per heavy atom. The third-order valence-corrected chi connectivity index (χ3v) is 4.77. The second kappa shape index (κ2) is 6.96. The highest BCUT2D eigenvalue weighted by Crippen LogP contribution is 2.33. The van der Waals surface area contributed by atoms with Crippen molar-refractivity contribution in [2.75, 3.05) is 6.54 Å². The van der Waals surface area contributed by atoms with Gasteiger partial charge in [-0.2, -0.15) is 13.9 Å². The first kappa shape index (κ1) is 18.8. The van der Waals surface area contributed by atoms with E-state index in [-0.39, 0.29) is 5.69 Å². The number of halogens is 3. The van der Waals surface area contributed by atoms with Gasteiger partial charge in [0.05, 0.1) is 12.1 Å². The number of carbonyl (C=O) groups excluding carboxylic acids is 1. The topological polar surface area (TPSA) is 47.4 Å². The molecule has 1 aliphatic rings. The van der Waals surface area contributed by atoms with E-state index in [9.17, 15) is 13.6 Å². The Kier molecular flexibility index (Phi) is 5.03. The average molecular weight is 384 g/mol. The van der Waals surface area contributed by atoms with E-state index < -0.39 is 30.7 Å². The summed E-state index contributed by atoms with van der Waals surface area (Å²) >= 11 is 5.92. The van der Waals surface area contributed by atoms with Gasteiger partial charge in [-0.05, 0) is 31.0 Å². The van der Waals surface area contributed by atoms with Crippen LogP contribution in [-0.4, -0.2) is 45.4 Å². The number of benzene rings is 1. The Bertz CT molecular complexity index is 807. The van der Waals surface area contributed by atoms with Crippen LogP contribution in [0.1, 0.15) is 30.8 Å². The molecule has 2 heterocycles. The van der Waals surface area contributed by atoms with E-state index in [1.165, 1.54) is 9.58 Å². The van der Waals surface area contributed by atoms with E-state index in [1.807, 2.05) is 6.92 Å². The van der Waals surface area contributed by atoms with E-state index in [1.54, 1.807) is 44.4 Å². The van der Waals surface area contributed by atoms with Gasteiger partial charge in [0.25, 0.3) is 5.91 Å². The molecule has 1 aromatic carbocycles. The second-order valence-corrected chi connectivity index (χ2v) is 6.88. The zero-order valence-electron chi connectivity index (χ0n) is 14.7. The summed E-state index contributed by atoms with van der Waals surface area (Å²) < 4.78 is 34.1. The molecule has 8 heteroatoms. The van der Waals surface area contributed by atoms with Crippen LogP contribution in [-0.2, 0) is 11.8 Å². The van der Waals surface area contributed by atoms with Crippen molar-refractivity contribution in [1.82, 2.24) is 14.7 Å². The molecule has 140 valence electrons. The lowest BCUT2D eigenvalue weighted by molar-refractivity contribution is -0.299. The minimum Gasteiger partial charge on any atom is -0.323 e. The number of ether oxygens (including phenoxy) is 1. The Morgan fingerprint density at radius 3 is 2.65 bits per heavy atom. The van der Waals surface area contributed by atoms with Crippen LogP contribution in [0.3, 0.4) is 0 Å². The van der Waals surface area contributed by atoms with Gasteiger partial charge in [-0.15, -0.1) is 0 Å². The maximum atomic E-state index is 13.9. The van der Waals surface area contributed by atoms with Gasteiger partial charge in [0, 0.05) is 23.8 Å². The quantitative estimate of drug-likeness (QED) is 0.805. The molecule has 2 aromatic rings. The summed E-state index contributed by atoms with van der Waals surface area (Å²) in [5, 5.41) is 4.80. The number of morpholine rings is 1. The highest BCUT2D eigenvalue weighted by atomic mass is 35.5. The minimum atomic E-state index is -3.38. The smallest absolute Gasteiger partial charge is 0.323 e. The van der Waals surface area contributed by atoms with Gasteiger partial charge >= 0.3 is 6.11 Å². The molecule has 0 spiro atoms. The third kappa shape index (κ3) is 3.59. The number of hydrogen-bond donors (Lipinski definition) is 0. The summed E-state index contributed by atoms with van der Waals surface area (Å²) in [5.41, 5.74) is 1.46. The lowest BCUT2D eigenvalue weighted by atomic mass is 10.0. The summed E-state index contributed by atoms with van der Waals surface area (Å²) in [6.07, 6.45) is -1.95. The molecular formula is C18H20ClF2N3O2. The molecule has 1 fully saturated rings. The first-order chi connectivity index (χ1) is 12.2. The van der Waals surface area contributed by atoms with Gasteiger partial charge in [0.15, 0.2) is 5.69 Å². The Hall–Kier alpha value is -1.99. The fourth-order valence-electron chi connectivity index (χ4n) is 3.35. The van der Waals surface area contributed by atoms with Crippen LogP contribution in [0.2, 0.25) is 5.02 Å². The second-order valence-electron chi connectivity index (χ2n) is 6.44. The number of rotatable bonds is 3. The molecule has 0 radical (unpaired) electrons. The van der Waals surface area contributed by atoms with E-state index in [0.29, 0.717) is 17.0 Å². The average Bonchev–Trinajstić information content (AvgIpc) is 2.95. The van der Waals surface area contributed by atoms with E-state index >= 15 is 0 Å². The highest BCUT2D eigenvalue weighted by molar-refractivity contribution is 6.30. The molecule has 0 bridgehead atoms. The van der Waals surface area contributed by atoms with Crippen LogP contribution in [0.15, 0.2) is 30.5 Å². The molecule has 1 aliphatic heterocycles. The zero-order chi connectivity index (χ0) is 19.1. The SMILES string of the molecule is CCC1[C@H](C)OC(F)(F)CN1C(=O)c1nn(C)cc1-c1ccc(Cl)cc1. The maximum absolute atomic E-state index is 13.9. The van der Waals surface area contributed by atoms with Crippen molar-refractivity contribution in [1.29, 1.82) is 0 Å². The standard InChI is InChI=1S/C18H20ClF2N3O2/c1-4-15-11(2)26-18(20,21)10-24(15)17(25)16-14(9-23(3)22-16)12-5-7-13(19)8-6-12/h5-9,11,15H,4,10H2,1-3H3/t11-,15?/m0/s1. The summed E-state index contributed by atoms with van der Waals surface area (Å²) in [4.78, 5) is 14.3. The number of alkyl halides is 2. The van der Waals surface area contributed by atoms with Gasteiger partial charge in [-0.25, -0.2) is 0 Å². The summed E-state index contributed by atoms with van der Waals surface area (Å²) in [5.74, 6) is -0.530. The van der Waals surface area contributed by atoms with Crippen molar-refractivity contribution in [2.45, 2.75) is 38.5 Å². The van der Waals surface area contributed by atoms with Crippen LogP contribution in [0.25, 0.3) is 11.1 Å². The number of carbonyl (C=O) groups is 1. The Morgan fingerprint density at radius 1 is 1.38 bits per heavy atom. The first-order valence-corrected chi connectivity index (χ1v) is 8.76. The summed E-state index contributed by atoms with van der Waals surface area (Å²) in [6.45, 7) is 2.61. The van der Waals surface area contributed by atoms with Gasteiger partial charge in [-0.3, -0.25) is 9.48 Å². The predicted octanol–water partition coefficient (Wildman–Crippen LogP) is 3.97. The number of nitrogens with zero attached hydrogens (tertiary/aromatic N) is 3. The number of aromatic nitrogens is 2. The van der Waals surface area contributed by atoms with Crippen molar-refractivity contribution in [3.05, 3.63) is 41.2 Å². The lowest BCUT2D eigenvalue weighted by Crippen LogP contribution is -2.58. The van der Waals surface area contributed by atoms with Crippen LogP contribution in [0, 0.1) is 0 Å². The Labute approximate surface area is 155 Å². The summed E-state index contributed by atoms with van der Waals surface area (Å²) in [6, 6.07) is 6.51. The molecule has 3 rings (SSSR count). The van der Waals surface area contributed by atoms with Crippen molar-refractivity contribution in [3.63, 3.8) is 0 Å². The third-order valence-electron chi connectivity index (χ3n) is 4.52. The van der Waals surface area contributed by atoms with E-state index in [2.05, 4.69) is 5.10 Å². The van der Waals surface area contributed by atoms with Crippen LogP contribution in [0.4, 0.5) is 8.78 Å². The van der Waals surface area contributed by atoms with Crippen molar-refractivity contribution < 1.29 is 18.3 Å². The number of amides is 1. The molecule has 1 saturated heterocycles. The summed E-state index contributed by atoms with van der Waals surface area (Å²) in [7, 11) is 1.68. The molecule has 2 atom stereocenters. The minimum absolute atomic E-state index is 0.137. The zero-order valence-corrected chi connectivity index (χ0v) is 15.5. The van der Waals surface area contributed by atoms with Gasteiger partial charge in [0.1, 0.15) is 6.54 Å². The van der Waals surface area contributed by atoms with Gasteiger partial charge in [-0.1, -0.05) is 30.7 Å². The van der Waals surface area contributed by atoms with Crippen LogP contribution in [0.5, 0.6) is 0 Å². The van der Waals surface area contributed by atoms with Gasteiger partial charge in [0.2, 0.25) is 0 Å². The molecule has 1 amide bonds. The van der Waals surface area contributed by atoms with Gasteiger partial charge < -0.3 is 9.64 Å². The molecule has 1 aromatic heterocycles. The molecular weight excluding hydrogens is 364 g/mol. The number of aryl methyl sites for hydroxylation is 1. The molecule has 0 aliphatic carbocycles. The number of hydrogen-bond acceptors (Lipinski definition) is 3. The Balaban J connectivity index is 2.00. The fourth-order valence-corrected chi connectivity index (χ4v) is 3.48. The predicted molar refractivity (Wildman–Crippen MR) is 94.3 cm³/mol. The monoisotopic (exact) mass is 383 g/mol. The molecule has 1 unspecified atom stereocenters. The van der Waals surface area contributed by atoms with Crippen LogP contribution < -0.4 is 0 Å². The van der Waals surface area contributed by atoms with Crippen molar-refractivity contribution in [2.24, 2.45) is 7.05 Å². The normalized spacial score (nSPS) is 22.5. The first-order valence-electron chi connectivity index (χ1n) is 8.38.